The predicted octanol–water partition coefficient (Wildman–Crippen LogP) is 6.51. The van der Waals surface area contributed by atoms with E-state index in [1.165, 1.54) is 0 Å². The SMILES string of the molecule is O=c1n(Cc2ccc(Cl)cc2Cl)c2ccccc2n1Cc1ccc(Cl)cc1Cl. The molecular weight excluding hydrogens is 438 g/mol. The van der Waals surface area contributed by atoms with Gasteiger partial charge < -0.3 is 0 Å². The average Bonchev–Trinajstić information content (AvgIpc) is 2.92. The minimum absolute atomic E-state index is 0.141. The quantitative estimate of drug-likeness (QED) is 0.347. The van der Waals surface area contributed by atoms with E-state index in [4.69, 9.17) is 46.4 Å². The number of imidazole rings is 1. The van der Waals surface area contributed by atoms with Gasteiger partial charge in [0.25, 0.3) is 0 Å². The highest BCUT2D eigenvalue weighted by Gasteiger charge is 2.15. The third-order valence-corrected chi connectivity index (χ3v) is 5.79. The second-order valence-corrected chi connectivity index (χ2v) is 8.10. The number of hydrogen-bond acceptors (Lipinski definition) is 1. The third kappa shape index (κ3) is 3.68. The van der Waals surface area contributed by atoms with Gasteiger partial charge in [-0.05, 0) is 47.5 Å². The summed E-state index contributed by atoms with van der Waals surface area (Å²) in [5, 5.41) is 2.16. The lowest BCUT2D eigenvalue weighted by molar-refractivity contribution is 0.701. The van der Waals surface area contributed by atoms with E-state index in [2.05, 4.69) is 0 Å². The number of fused-ring (bicyclic) bond motifs is 1. The van der Waals surface area contributed by atoms with Gasteiger partial charge in [-0.3, -0.25) is 9.13 Å². The van der Waals surface area contributed by atoms with Crippen molar-refractivity contribution in [1.82, 2.24) is 9.13 Å². The number of rotatable bonds is 4. The molecule has 3 aromatic carbocycles. The Hall–Kier alpha value is -1.91. The van der Waals surface area contributed by atoms with Crippen LogP contribution in [0.1, 0.15) is 11.1 Å². The highest BCUT2D eigenvalue weighted by atomic mass is 35.5. The molecule has 0 amide bonds. The van der Waals surface area contributed by atoms with Crippen LogP contribution >= 0.6 is 46.4 Å². The van der Waals surface area contributed by atoms with Crippen LogP contribution in [0, 0.1) is 0 Å². The van der Waals surface area contributed by atoms with Crippen LogP contribution in [0.4, 0.5) is 0 Å². The fourth-order valence-electron chi connectivity index (χ4n) is 3.22. The molecule has 0 saturated carbocycles. The van der Waals surface area contributed by atoms with Crippen LogP contribution in [0.2, 0.25) is 20.1 Å². The molecule has 0 aliphatic carbocycles. The maximum Gasteiger partial charge on any atom is 0.329 e. The first-order valence-corrected chi connectivity index (χ1v) is 10.0. The Bertz CT molecular complexity index is 1150. The highest BCUT2D eigenvalue weighted by molar-refractivity contribution is 6.35. The smallest absolute Gasteiger partial charge is 0.287 e. The van der Waals surface area contributed by atoms with Gasteiger partial charge in [-0.25, -0.2) is 4.79 Å². The summed E-state index contributed by atoms with van der Waals surface area (Å²) in [5.41, 5.74) is 3.15. The Balaban J connectivity index is 1.82. The summed E-state index contributed by atoms with van der Waals surface area (Å²) in [7, 11) is 0. The van der Waals surface area contributed by atoms with Gasteiger partial charge in [0, 0.05) is 20.1 Å². The van der Waals surface area contributed by atoms with Gasteiger partial charge >= 0.3 is 5.69 Å². The first-order valence-electron chi connectivity index (χ1n) is 8.50. The van der Waals surface area contributed by atoms with Gasteiger partial charge in [0.2, 0.25) is 0 Å². The van der Waals surface area contributed by atoms with E-state index in [0.29, 0.717) is 33.2 Å². The van der Waals surface area contributed by atoms with Crippen LogP contribution < -0.4 is 5.69 Å². The monoisotopic (exact) mass is 450 g/mol. The molecule has 7 heteroatoms. The van der Waals surface area contributed by atoms with Crippen molar-refractivity contribution in [3.63, 3.8) is 0 Å². The topological polar surface area (TPSA) is 26.9 Å². The van der Waals surface area contributed by atoms with E-state index in [-0.39, 0.29) is 5.69 Å². The van der Waals surface area contributed by atoms with Crippen LogP contribution in [0.25, 0.3) is 11.0 Å². The van der Waals surface area contributed by atoms with E-state index in [9.17, 15) is 4.79 Å². The van der Waals surface area contributed by atoms with Crippen LogP contribution in [0.15, 0.2) is 65.5 Å². The molecule has 142 valence electrons. The molecule has 1 heterocycles. The molecule has 0 fully saturated rings. The van der Waals surface area contributed by atoms with Gasteiger partial charge in [-0.2, -0.15) is 0 Å². The van der Waals surface area contributed by atoms with Crippen molar-refractivity contribution in [3.05, 3.63) is 102 Å². The van der Waals surface area contributed by atoms with Gasteiger partial charge in [0.15, 0.2) is 0 Å². The summed E-state index contributed by atoms with van der Waals surface area (Å²) >= 11 is 24.6. The Morgan fingerprint density at radius 1 is 0.643 bits per heavy atom. The first kappa shape index (κ1) is 19.4. The lowest BCUT2D eigenvalue weighted by atomic mass is 10.2. The van der Waals surface area contributed by atoms with Crippen molar-refractivity contribution >= 4 is 57.4 Å². The van der Waals surface area contributed by atoms with Gasteiger partial charge in [-0.15, -0.1) is 0 Å². The van der Waals surface area contributed by atoms with Crippen molar-refractivity contribution in [2.24, 2.45) is 0 Å². The molecule has 0 aliphatic rings. The summed E-state index contributed by atoms with van der Waals surface area (Å²) in [6, 6.07) is 18.2. The Morgan fingerprint density at radius 2 is 1.07 bits per heavy atom. The summed E-state index contributed by atoms with van der Waals surface area (Å²) in [6.45, 7) is 0.688. The number of aromatic nitrogens is 2. The molecule has 4 aromatic rings. The highest BCUT2D eigenvalue weighted by Crippen LogP contribution is 2.25. The zero-order valence-electron chi connectivity index (χ0n) is 14.5. The van der Waals surface area contributed by atoms with Gasteiger partial charge in [-0.1, -0.05) is 70.7 Å². The van der Waals surface area contributed by atoms with E-state index in [0.717, 1.165) is 22.2 Å². The summed E-state index contributed by atoms with van der Waals surface area (Å²) in [5.74, 6) is 0. The molecule has 0 radical (unpaired) electrons. The minimum atomic E-state index is -0.141. The van der Waals surface area contributed by atoms with Crippen LogP contribution in [-0.2, 0) is 13.1 Å². The fraction of sp³-hybridized carbons (Fsp3) is 0.0952. The molecule has 0 unspecified atom stereocenters. The summed E-state index contributed by atoms with van der Waals surface area (Å²) in [4.78, 5) is 13.2. The van der Waals surface area contributed by atoms with Crippen molar-refractivity contribution in [3.8, 4) is 0 Å². The second-order valence-electron chi connectivity index (χ2n) is 6.42. The molecule has 0 bridgehead atoms. The maximum absolute atomic E-state index is 13.2. The van der Waals surface area contributed by atoms with Gasteiger partial charge in [0.1, 0.15) is 0 Å². The number of benzene rings is 3. The normalized spacial score (nSPS) is 11.3. The first-order chi connectivity index (χ1) is 13.4. The Kier molecular flexibility index (Phi) is 5.44. The number of para-hydroxylation sites is 2. The lowest BCUT2D eigenvalue weighted by Gasteiger charge is -2.07. The standard InChI is InChI=1S/C21H14Cl4N2O/c22-15-7-5-13(17(24)9-15)11-26-19-3-1-2-4-20(19)27(21(26)28)12-14-6-8-16(23)10-18(14)25/h1-10H,11-12H2. The largest absolute Gasteiger partial charge is 0.329 e. The van der Waals surface area contributed by atoms with Crippen LogP contribution in [0.5, 0.6) is 0 Å². The average molecular weight is 452 g/mol. The molecule has 4 rings (SSSR count). The molecule has 0 N–H and O–H groups in total. The molecule has 0 aliphatic heterocycles. The Morgan fingerprint density at radius 3 is 1.46 bits per heavy atom. The van der Waals surface area contributed by atoms with Crippen LogP contribution in [-0.4, -0.2) is 9.13 Å². The molecular formula is C21H14Cl4N2O. The molecule has 1 aromatic heterocycles. The van der Waals surface area contributed by atoms with Crippen molar-refractivity contribution in [2.75, 3.05) is 0 Å². The van der Waals surface area contributed by atoms with Crippen LogP contribution in [0.3, 0.4) is 0 Å². The molecule has 0 saturated heterocycles. The number of halogens is 4. The fourth-order valence-corrected chi connectivity index (χ4v) is 4.16. The summed E-state index contributed by atoms with van der Waals surface area (Å²) in [6.07, 6.45) is 0. The molecule has 28 heavy (non-hydrogen) atoms. The van der Waals surface area contributed by atoms with Crippen molar-refractivity contribution < 1.29 is 0 Å². The second kappa shape index (κ2) is 7.84. The Labute approximate surface area is 181 Å². The zero-order chi connectivity index (χ0) is 19.8. The summed E-state index contributed by atoms with van der Waals surface area (Å²) < 4.78 is 3.41. The molecule has 0 spiro atoms. The van der Waals surface area contributed by atoms with E-state index in [1.54, 1.807) is 33.4 Å². The van der Waals surface area contributed by atoms with Gasteiger partial charge in [0.05, 0.1) is 24.1 Å². The maximum atomic E-state index is 13.2. The third-order valence-electron chi connectivity index (χ3n) is 4.61. The number of nitrogens with zero attached hydrogens (tertiary/aromatic N) is 2. The lowest BCUT2D eigenvalue weighted by Crippen LogP contribution is -2.25. The van der Waals surface area contributed by atoms with Crippen molar-refractivity contribution in [2.45, 2.75) is 13.1 Å². The van der Waals surface area contributed by atoms with Crippen molar-refractivity contribution in [1.29, 1.82) is 0 Å². The minimum Gasteiger partial charge on any atom is -0.287 e. The molecule has 0 atom stereocenters. The van der Waals surface area contributed by atoms with E-state index in [1.807, 2.05) is 36.4 Å². The molecule has 3 nitrogen and oxygen atoms in total. The zero-order valence-corrected chi connectivity index (χ0v) is 17.5. The van der Waals surface area contributed by atoms with E-state index >= 15 is 0 Å². The predicted molar refractivity (Wildman–Crippen MR) is 117 cm³/mol. The van der Waals surface area contributed by atoms with E-state index < -0.39 is 0 Å². The number of hydrogen-bond donors (Lipinski definition) is 0.